The van der Waals surface area contributed by atoms with Crippen molar-refractivity contribution in [3.63, 3.8) is 0 Å². The Balaban J connectivity index is 2.04. The van der Waals surface area contributed by atoms with E-state index in [1.54, 1.807) is 22.7 Å². The summed E-state index contributed by atoms with van der Waals surface area (Å²) in [5.41, 5.74) is 2.28. The molecule has 0 aliphatic carbocycles. The van der Waals surface area contributed by atoms with E-state index in [0.717, 1.165) is 17.4 Å². The van der Waals surface area contributed by atoms with E-state index in [1.807, 2.05) is 5.38 Å². The van der Waals surface area contributed by atoms with Crippen molar-refractivity contribution in [2.45, 2.75) is 12.4 Å². The first-order chi connectivity index (χ1) is 7.29. The molecule has 0 radical (unpaired) electrons. The summed E-state index contributed by atoms with van der Waals surface area (Å²) in [6.45, 7) is 0.902. The molecule has 15 heavy (non-hydrogen) atoms. The fourth-order valence-corrected chi connectivity index (χ4v) is 2.94. The fourth-order valence-electron chi connectivity index (χ4n) is 1.26. The lowest BCUT2D eigenvalue weighted by Gasteiger charge is -2.14. The van der Waals surface area contributed by atoms with Gasteiger partial charge in [-0.15, -0.1) is 22.9 Å². The van der Waals surface area contributed by atoms with Gasteiger partial charge in [0, 0.05) is 19.0 Å². The van der Waals surface area contributed by atoms with Crippen LogP contribution in [-0.4, -0.2) is 12.0 Å². The topological polar surface area (TPSA) is 16.1 Å². The maximum Gasteiger partial charge on any atom is 0.185 e. The summed E-state index contributed by atoms with van der Waals surface area (Å²) in [6, 6.07) is 2.14. The summed E-state index contributed by atoms with van der Waals surface area (Å²) in [6.07, 6.45) is 0. The summed E-state index contributed by atoms with van der Waals surface area (Å²) in [7, 11) is 2.05. The van der Waals surface area contributed by atoms with Crippen LogP contribution in [0.25, 0.3) is 0 Å². The molecule has 0 amide bonds. The average molecular weight is 259 g/mol. The zero-order valence-electron chi connectivity index (χ0n) is 8.31. The van der Waals surface area contributed by atoms with Gasteiger partial charge in [-0.1, -0.05) is 0 Å². The molecule has 0 N–H and O–H groups in total. The van der Waals surface area contributed by atoms with Gasteiger partial charge in [0.1, 0.15) is 0 Å². The number of rotatable bonds is 4. The Kier molecular flexibility index (Phi) is 3.61. The van der Waals surface area contributed by atoms with Crippen molar-refractivity contribution in [2.75, 3.05) is 11.9 Å². The van der Waals surface area contributed by atoms with E-state index >= 15 is 0 Å². The Hall–Kier alpha value is -0.580. The first-order valence-corrected chi connectivity index (χ1v) is 6.88. The van der Waals surface area contributed by atoms with Crippen molar-refractivity contribution in [1.29, 1.82) is 0 Å². The van der Waals surface area contributed by atoms with Gasteiger partial charge in [0.15, 0.2) is 5.13 Å². The highest BCUT2D eigenvalue weighted by atomic mass is 35.5. The third-order valence-electron chi connectivity index (χ3n) is 2.00. The SMILES string of the molecule is CN(Cc1ccsc1)c1nc(CCl)cs1. The summed E-state index contributed by atoms with van der Waals surface area (Å²) < 4.78 is 0. The number of thiazole rings is 1. The molecular weight excluding hydrogens is 248 g/mol. The normalized spacial score (nSPS) is 10.5. The molecule has 0 spiro atoms. The van der Waals surface area contributed by atoms with E-state index in [9.17, 15) is 0 Å². The number of anilines is 1. The Morgan fingerprint density at radius 1 is 1.47 bits per heavy atom. The van der Waals surface area contributed by atoms with Crippen LogP contribution in [0, 0.1) is 0 Å². The second kappa shape index (κ2) is 4.96. The van der Waals surface area contributed by atoms with Crippen molar-refractivity contribution in [1.82, 2.24) is 4.98 Å². The Morgan fingerprint density at radius 3 is 2.93 bits per heavy atom. The minimum atomic E-state index is 0.489. The number of halogens is 1. The number of aromatic nitrogens is 1. The summed E-state index contributed by atoms with van der Waals surface area (Å²) >= 11 is 9.07. The van der Waals surface area contributed by atoms with E-state index in [2.05, 4.69) is 33.8 Å². The van der Waals surface area contributed by atoms with E-state index in [-0.39, 0.29) is 0 Å². The van der Waals surface area contributed by atoms with Gasteiger partial charge < -0.3 is 4.90 Å². The van der Waals surface area contributed by atoms with Gasteiger partial charge in [0.2, 0.25) is 0 Å². The second-order valence-corrected chi connectivity index (χ2v) is 5.13. The van der Waals surface area contributed by atoms with Crippen LogP contribution in [0.1, 0.15) is 11.3 Å². The number of alkyl halides is 1. The first kappa shape index (κ1) is 10.9. The van der Waals surface area contributed by atoms with Crippen LogP contribution in [0.15, 0.2) is 22.2 Å². The highest BCUT2D eigenvalue weighted by Gasteiger charge is 2.07. The predicted molar refractivity (Wildman–Crippen MR) is 68.1 cm³/mol. The monoisotopic (exact) mass is 258 g/mol. The van der Waals surface area contributed by atoms with E-state index in [4.69, 9.17) is 11.6 Å². The van der Waals surface area contributed by atoms with Crippen molar-refractivity contribution in [3.05, 3.63) is 33.5 Å². The zero-order valence-corrected chi connectivity index (χ0v) is 10.7. The molecule has 0 fully saturated rings. The van der Waals surface area contributed by atoms with E-state index in [0.29, 0.717) is 5.88 Å². The molecule has 0 saturated carbocycles. The largest absolute Gasteiger partial charge is 0.347 e. The van der Waals surface area contributed by atoms with E-state index < -0.39 is 0 Å². The van der Waals surface area contributed by atoms with Gasteiger partial charge in [0.05, 0.1) is 11.6 Å². The molecule has 5 heteroatoms. The molecule has 0 unspecified atom stereocenters. The van der Waals surface area contributed by atoms with Crippen LogP contribution in [-0.2, 0) is 12.4 Å². The third kappa shape index (κ3) is 2.71. The van der Waals surface area contributed by atoms with Gasteiger partial charge in [-0.05, 0) is 22.4 Å². The van der Waals surface area contributed by atoms with Gasteiger partial charge >= 0.3 is 0 Å². The highest BCUT2D eigenvalue weighted by Crippen LogP contribution is 2.22. The third-order valence-corrected chi connectivity index (χ3v) is 4.01. The maximum atomic E-state index is 5.71. The molecule has 2 rings (SSSR count). The molecule has 0 aromatic carbocycles. The lowest BCUT2D eigenvalue weighted by molar-refractivity contribution is 0.914. The first-order valence-electron chi connectivity index (χ1n) is 4.52. The minimum Gasteiger partial charge on any atom is -0.347 e. The van der Waals surface area contributed by atoms with Gasteiger partial charge in [0.25, 0.3) is 0 Å². The van der Waals surface area contributed by atoms with Crippen LogP contribution in [0.5, 0.6) is 0 Å². The van der Waals surface area contributed by atoms with Crippen LogP contribution >= 0.6 is 34.3 Å². The Morgan fingerprint density at radius 2 is 2.33 bits per heavy atom. The summed E-state index contributed by atoms with van der Waals surface area (Å²) in [5.74, 6) is 0.489. The minimum absolute atomic E-state index is 0.489. The van der Waals surface area contributed by atoms with Crippen molar-refractivity contribution in [2.24, 2.45) is 0 Å². The zero-order chi connectivity index (χ0) is 10.7. The lowest BCUT2D eigenvalue weighted by atomic mass is 10.3. The molecule has 2 nitrogen and oxygen atoms in total. The molecule has 0 saturated heterocycles. The van der Waals surface area contributed by atoms with E-state index in [1.165, 1.54) is 5.56 Å². The van der Waals surface area contributed by atoms with Crippen LogP contribution in [0.4, 0.5) is 5.13 Å². The number of hydrogen-bond acceptors (Lipinski definition) is 4. The molecular formula is C10H11ClN2S2. The molecule has 2 heterocycles. The van der Waals surface area contributed by atoms with Crippen LogP contribution in [0.2, 0.25) is 0 Å². The molecule has 80 valence electrons. The summed E-state index contributed by atoms with van der Waals surface area (Å²) in [5, 5.41) is 7.28. The van der Waals surface area contributed by atoms with Crippen molar-refractivity contribution >= 4 is 39.4 Å². The van der Waals surface area contributed by atoms with Gasteiger partial charge in [-0.2, -0.15) is 11.3 Å². The van der Waals surface area contributed by atoms with Crippen LogP contribution < -0.4 is 4.90 Å². The van der Waals surface area contributed by atoms with Gasteiger partial charge in [-0.3, -0.25) is 0 Å². The standard InChI is InChI=1S/C10H11ClN2S2/c1-13(5-8-2-3-14-6-8)10-12-9(4-11)7-15-10/h2-3,6-7H,4-5H2,1H3. The highest BCUT2D eigenvalue weighted by molar-refractivity contribution is 7.13. The average Bonchev–Trinajstić information content (AvgIpc) is 2.86. The molecule has 0 atom stereocenters. The smallest absolute Gasteiger partial charge is 0.185 e. The van der Waals surface area contributed by atoms with Crippen LogP contribution in [0.3, 0.4) is 0 Å². The maximum absolute atomic E-state index is 5.71. The lowest BCUT2D eigenvalue weighted by Crippen LogP contribution is -2.15. The number of nitrogens with zero attached hydrogens (tertiary/aromatic N) is 2. The number of hydrogen-bond donors (Lipinski definition) is 0. The fraction of sp³-hybridized carbons (Fsp3) is 0.300. The van der Waals surface area contributed by atoms with Gasteiger partial charge in [-0.25, -0.2) is 4.98 Å². The summed E-state index contributed by atoms with van der Waals surface area (Å²) in [4.78, 5) is 6.57. The molecule has 0 aliphatic rings. The van der Waals surface area contributed by atoms with Crippen molar-refractivity contribution in [3.8, 4) is 0 Å². The second-order valence-electron chi connectivity index (χ2n) is 3.24. The molecule has 0 aliphatic heterocycles. The predicted octanol–water partition coefficient (Wildman–Crippen LogP) is 3.58. The quantitative estimate of drug-likeness (QED) is 0.780. The molecule has 0 bridgehead atoms. The van der Waals surface area contributed by atoms with Crippen molar-refractivity contribution < 1.29 is 0 Å². The molecule has 2 aromatic heterocycles. The Labute approximate surface area is 102 Å². The number of thiophene rings is 1. The molecule has 2 aromatic rings. The Bertz CT molecular complexity index is 411.